The monoisotopic (exact) mass is 492 g/mol. The number of aliphatic hydroxyl groups is 1. The fraction of sp³-hybridized carbons (Fsp3) is 0.565. The summed E-state index contributed by atoms with van der Waals surface area (Å²) in [5.41, 5.74) is -0.0937. The Balaban J connectivity index is 1.53. The second kappa shape index (κ2) is 9.87. The SMILES string of the molecule is Cc1ccc([C@H]2CC[C@@H](NC(=O)C3=C(O)C(=O)N(CCCC(F)(F)F)C3)CC2)cc1C(F)(F)F. The third kappa shape index (κ3) is 6.24. The lowest BCUT2D eigenvalue weighted by molar-refractivity contribution is -0.139. The highest BCUT2D eigenvalue weighted by Crippen LogP contribution is 2.38. The van der Waals surface area contributed by atoms with Gasteiger partial charge in [0.2, 0.25) is 0 Å². The summed E-state index contributed by atoms with van der Waals surface area (Å²) in [5.74, 6) is -2.39. The predicted octanol–water partition coefficient (Wildman–Crippen LogP) is 5.15. The Morgan fingerprint density at radius 2 is 1.76 bits per heavy atom. The molecular formula is C23H26F6N2O3. The van der Waals surface area contributed by atoms with Crippen LogP contribution in [0.1, 0.15) is 61.1 Å². The van der Waals surface area contributed by atoms with Crippen molar-refractivity contribution in [3.63, 3.8) is 0 Å². The molecule has 188 valence electrons. The highest BCUT2D eigenvalue weighted by molar-refractivity contribution is 6.07. The molecular weight excluding hydrogens is 466 g/mol. The first kappa shape index (κ1) is 25.9. The van der Waals surface area contributed by atoms with Gasteiger partial charge in [-0.1, -0.05) is 12.1 Å². The molecule has 0 radical (unpaired) electrons. The van der Waals surface area contributed by atoms with Crippen molar-refractivity contribution in [3.05, 3.63) is 46.2 Å². The molecule has 5 nitrogen and oxygen atoms in total. The van der Waals surface area contributed by atoms with Crippen molar-refractivity contribution in [2.45, 2.75) is 69.8 Å². The number of carbonyl (C=O) groups is 2. The maximum atomic E-state index is 13.2. The lowest BCUT2D eigenvalue weighted by atomic mass is 9.81. The summed E-state index contributed by atoms with van der Waals surface area (Å²) in [6.45, 7) is 0.905. The van der Waals surface area contributed by atoms with E-state index in [4.69, 9.17) is 0 Å². The van der Waals surface area contributed by atoms with E-state index in [-0.39, 0.29) is 42.6 Å². The largest absolute Gasteiger partial charge is 0.503 e. The molecule has 0 atom stereocenters. The predicted molar refractivity (Wildman–Crippen MR) is 111 cm³/mol. The van der Waals surface area contributed by atoms with Crippen LogP contribution in [0.2, 0.25) is 0 Å². The van der Waals surface area contributed by atoms with Crippen LogP contribution in [0.5, 0.6) is 0 Å². The van der Waals surface area contributed by atoms with Gasteiger partial charge in [-0.15, -0.1) is 0 Å². The average molecular weight is 492 g/mol. The molecule has 0 spiro atoms. The van der Waals surface area contributed by atoms with Crippen molar-refractivity contribution >= 4 is 11.8 Å². The van der Waals surface area contributed by atoms with E-state index >= 15 is 0 Å². The number of hydrogen-bond donors (Lipinski definition) is 2. The van der Waals surface area contributed by atoms with Gasteiger partial charge in [0.05, 0.1) is 17.7 Å². The van der Waals surface area contributed by atoms with Crippen LogP contribution in [0.25, 0.3) is 0 Å². The first-order chi connectivity index (χ1) is 15.8. The summed E-state index contributed by atoms with van der Waals surface area (Å²) in [6.07, 6.45) is -8.09. The van der Waals surface area contributed by atoms with Crippen LogP contribution in [0.15, 0.2) is 29.5 Å². The van der Waals surface area contributed by atoms with E-state index in [2.05, 4.69) is 5.32 Å². The van der Waals surface area contributed by atoms with Gasteiger partial charge in [0.15, 0.2) is 5.76 Å². The zero-order valence-electron chi connectivity index (χ0n) is 18.5. The number of nitrogens with zero attached hydrogens (tertiary/aromatic N) is 1. The summed E-state index contributed by atoms with van der Waals surface area (Å²) in [5, 5.41) is 12.7. The lowest BCUT2D eigenvalue weighted by Gasteiger charge is -2.30. The lowest BCUT2D eigenvalue weighted by Crippen LogP contribution is -2.39. The van der Waals surface area contributed by atoms with E-state index in [1.54, 1.807) is 6.07 Å². The molecule has 3 rings (SSSR count). The minimum Gasteiger partial charge on any atom is -0.503 e. The first-order valence-electron chi connectivity index (χ1n) is 11.0. The Hall–Kier alpha value is -2.72. The first-order valence-corrected chi connectivity index (χ1v) is 11.0. The molecule has 1 aromatic carbocycles. The number of hydrogen-bond acceptors (Lipinski definition) is 3. The molecule has 2 aliphatic rings. The van der Waals surface area contributed by atoms with Crippen LogP contribution in [-0.2, 0) is 15.8 Å². The highest BCUT2D eigenvalue weighted by Gasteiger charge is 2.36. The van der Waals surface area contributed by atoms with Gasteiger partial charge in [0.25, 0.3) is 11.8 Å². The average Bonchev–Trinajstić information content (AvgIpc) is 3.02. The number of benzene rings is 1. The molecule has 0 bridgehead atoms. The van der Waals surface area contributed by atoms with Crippen LogP contribution in [0, 0.1) is 6.92 Å². The van der Waals surface area contributed by atoms with Crippen molar-refractivity contribution in [2.24, 2.45) is 0 Å². The van der Waals surface area contributed by atoms with Gasteiger partial charge in [-0.2, -0.15) is 26.3 Å². The van der Waals surface area contributed by atoms with Gasteiger partial charge >= 0.3 is 12.4 Å². The summed E-state index contributed by atoms with van der Waals surface area (Å²) in [7, 11) is 0. The molecule has 1 heterocycles. The topological polar surface area (TPSA) is 69.6 Å². The molecule has 2 amide bonds. The number of aliphatic hydroxyl groups excluding tert-OH is 1. The zero-order valence-corrected chi connectivity index (χ0v) is 18.5. The summed E-state index contributed by atoms with van der Waals surface area (Å²) in [6, 6.07) is 4.04. The van der Waals surface area contributed by atoms with E-state index in [1.807, 2.05) is 0 Å². The Morgan fingerprint density at radius 1 is 1.12 bits per heavy atom. The molecule has 1 aliphatic carbocycles. The van der Waals surface area contributed by atoms with E-state index in [0.29, 0.717) is 31.2 Å². The van der Waals surface area contributed by atoms with Gasteiger partial charge in [-0.25, -0.2) is 0 Å². The Kier molecular flexibility index (Phi) is 7.52. The van der Waals surface area contributed by atoms with E-state index in [1.165, 1.54) is 19.1 Å². The molecule has 11 heteroatoms. The Morgan fingerprint density at radius 3 is 2.35 bits per heavy atom. The number of alkyl halides is 6. The van der Waals surface area contributed by atoms with Crippen molar-refractivity contribution in [2.75, 3.05) is 13.1 Å². The van der Waals surface area contributed by atoms with Gasteiger partial charge < -0.3 is 15.3 Å². The smallest absolute Gasteiger partial charge is 0.416 e. The Labute approximate surface area is 192 Å². The van der Waals surface area contributed by atoms with Crippen LogP contribution in [0.4, 0.5) is 26.3 Å². The zero-order chi connectivity index (χ0) is 25.3. The van der Waals surface area contributed by atoms with Gasteiger partial charge in [0.1, 0.15) is 0 Å². The van der Waals surface area contributed by atoms with Gasteiger partial charge in [-0.05, 0) is 62.1 Å². The molecule has 0 unspecified atom stereocenters. The summed E-state index contributed by atoms with van der Waals surface area (Å²) >= 11 is 0. The maximum absolute atomic E-state index is 13.2. The maximum Gasteiger partial charge on any atom is 0.416 e. The second-order valence-electron chi connectivity index (χ2n) is 8.87. The fourth-order valence-corrected chi connectivity index (χ4v) is 4.49. The van der Waals surface area contributed by atoms with E-state index in [9.17, 15) is 41.0 Å². The molecule has 1 fully saturated rings. The van der Waals surface area contributed by atoms with Gasteiger partial charge in [0, 0.05) is 19.0 Å². The molecule has 1 saturated carbocycles. The van der Waals surface area contributed by atoms with Crippen LogP contribution >= 0.6 is 0 Å². The van der Waals surface area contributed by atoms with Crippen molar-refractivity contribution in [1.29, 1.82) is 0 Å². The van der Waals surface area contributed by atoms with Crippen molar-refractivity contribution in [1.82, 2.24) is 10.2 Å². The minimum absolute atomic E-state index is 0.0837. The van der Waals surface area contributed by atoms with Crippen LogP contribution in [0.3, 0.4) is 0 Å². The Bertz CT molecular complexity index is 962. The summed E-state index contributed by atoms with van der Waals surface area (Å²) in [4.78, 5) is 25.6. The molecule has 34 heavy (non-hydrogen) atoms. The number of rotatable bonds is 6. The van der Waals surface area contributed by atoms with Crippen LogP contribution < -0.4 is 5.32 Å². The summed E-state index contributed by atoms with van der Waals surface area (Å²) < 4.78 is 76.6. The van der Waals surface area contributed by atoms with E-state index < -0.39 is 41.9 Å². The quantitative estimate of drug-likeness (QED) is 0.540. The molecule has 0 aromatic heterocycles. The molecule has 1 aromatic rings. The van der Waals surface area contributed by atoms with Crippen molar-refractivity contribution < 1.29 is 41.0 Å². The fourth-order valence-electron chi connectivity index (χ4n) is 4.49. The van der Waals surface area contributed by atoms with Crippen molar-refractivity contribution in [3.8, 4) is 0 Å². The van der Waals surface area contributed by atoms with E-state index in [0.717, 1.165) is 4.90 Å². The standard InChI is InChI=1S/C23H26F6N2O3/c1-13-3-4-15(11-18(13)23(27,28)29)14-5-7-16(8-6-14)30-20(33)17-12-31(21(34)19(17)32)10-2-9-22(24,25)26/h3-4,11,14,16,32H,2,5-10,12H2,1H3,(H,30,33)/t14-,16+. The number of amides is 2. The molecule has 2 N–H and O–H groups in total. The van der Waals surface area contributed by atoms with Gasteiger partial charge in [-0.3, -0.25) is 9.59 Å². The molecule has 1 aliphatic heterocycles. The number of aryl methyl sites for hydroxylation is 1. The third-order valence-corrected chi connectivity index (χ3v) is 6.39. The number of halogens is 6. The highest BCUT2D eigenvalue weighted by atomic mass is 19.4. The van der Waals surface area contributed by atoms with Crippen LogP contribution in [-0.4, -0.2) is 47.1 Å². The third-order valence-electron chi connectivity index (χ3n) is 6.39. The number of carbonyl (C=O) groups excluding carboxylic acids is 2. The minimum atomic E-state index is -4.43. The number of nitrogens with one attached hydrogen (secondary N) is 1. The molecule has 0 saturated heterocycles. The normalized spacial score (nSPS) is 21.9. The second-order valence-corrected chi connectivity index (χ2v) is 8.87.